The van der Waals surface area contributed by atoms with Crippen LogP contribution in [-0.2, 0) is 11.3 Å². The van der Waals surface area contributed by atoms with E-state index in [4.69, 9.17) is 16.7 Å². The van der Waals surface area contributed by atoms with Crippen LogP contribution in [0.15, 0.2) is 18.2 Å². The van der Waals surface area contributed by atoms with Crippen LogP contribution in [0, 0.1) is 17.7 Å². The highest BCUT2D eigenvalue weighted by Crippen LogP contribution is 2.25. The number of carboxylic acids is 1. The molecule has 0 saturated carbocycles. The van der Waals surface area contributed by atoms with Gasteiger partial charge in [0.2, 0.25) is 0 Å². The molecule has 2 rings (SSSR count). The van der Waals surface area contributed by atoms with Gasteiger partial charge in [-0.25, -0.2) is 4.39 Å². The highest BCUT2D eigenvalue weighted by Gasteiger charge is 2.34. The van der Waals surface area contributed by atoms with Gasteiger partial charge >= 0.3 is 5.97 Å². The zero-order valence-electron chi connectivity index (χ0n) is 10.1. The Morgan fingerprint density at radius 3 is 2.83 bits per heavy atom. The van der Waals surface area contributed by atoms with Crippen LogP contribution < -0.4 is 0 Å². The third kappa shape index (κ3) is 2.82. The van der Waals surface area contributed by atoms with Crippen LogP contribution in [0.2, 0.25) is 5.02 Å². The molecule has 0 aromatic heterocycles. The van der Waals surface area contributed by atoms with Gasteiger partial charge < -0.3 is 5.11 Å². The maximum Gasteiger partial charge on any atom is 0.308 e. The predicted octanol–water partition coefficient (Wildman–Crippen LogP) is 2.63. The Morgan fingerprint density at radius 2 is 2.28 bits per heavy atom. The average Bonchev–Trinajstić information content (AvgIpc) is 2.65. The number of benzene rings is 1. The molecule has 3 nitrogen and oxygen atoms in total. The minimum Gasteiger partial charge on any atom is -0.481 e. The Morgan fingerprint density at radius 1 is 1.56 bits per heavy atom. The fourth-order valence-electron chi connectivity index (χ4n) is 2.41. The lowest BCUT2D eigenvalue weighted by Gasteiger charge is -2.15. The Labute approximate surface area is 110 Å². The van der Waals surface area contributed by atoms with Gasteiger partial charge in [-0.1, -0.05) is 24.6 Å². The molecule has 1 saturated heterocycles. The summed E-state index contributed by atoms with van der Waals surface area (Å²) in [7, 11) is 0. The first-order valence-electron chi connectivity index (χ1n) is 5.86. The van der Waals surface area contributed by atoms with E-state index in [1.54, 1.807) is 6.07 Å². The minimum atomic E-state index is -0.757. The van der Waals surface area contributed by atoms with E-state index in [0.29, 0.717) is 13.1 Å². The van der Waals surface area contributed by atoms with Gasteiger partial charge in [-0.3, -0.25) is 9.69 Å². The van der Waals surface area contributed by atoms with Crippen molar-refractivity contribution in [2.75, 3.05) is 13.1 Å². The Hall–Kier alpha value is -1.13. The van der Waals surface area contributed by atoms with Gasteiger partial charge in [-0.2, -0.15) is 0 Å². The maximum absolute atomic E-state index is 13.3. The zero-order chi connectivity index (χ0) is 13.3. The van der Waals surface area contributed by atoms with Crippen LogP contribution in [0.3, 0.4) is 0 Å². The highest BCUT2D eigenvalue weighted by atomic mass is 35.5. The van der Waals surface area contributed by atoms with Crippen molar-refractivity contribution in [3.8, 4) is 0 Å². The van der Waals surface area contributed by atoms with Gasteiger partial charge in [-0.15, -0.1) is 0 Å². The molecule has 1 aliphatic heterocycles. The lowest BCUT2D eigenvalue weighted by Crippen LogP contribution is -2.23. The number of carboxylic acid groups (broad SMARTS) is 1. The second-order valence-electron chi connectivity index (χ2n) is 4.86. The normalized spacial score (nSPS) is 24.4. The third-order valence-corrected chi connectivity index (χ3v) is 3.70. The molecule has 0 spiro atoms. The van der Waals surface area contributed by atoms with Crippen molar-refractivity contribution in [3.63, 3.8) is 0 Å². The van der Waals surface area contributed by atoms with Gasteiger partial charge in [0.1, 0.15) is 5.82 Å². The molecule has 1 fully saturated rings. The number of nitrogens with zero attached hydrogens (tertiary/aromatic N) is 1. The fourth-order valence-corrected chi connectivity index (χ4v) is 2.53. The first-order valence-corrected chi connectivity index (χ1v) is 6.24. The Bertz CT molecular complexity index is 466. The van der Waals surface area contributed by atoms with Crippen molar-refractivity contribution in [3.05, 3.63) is 34.6 Å². The van der Waals surface area contributed by atoms with Crippen LogP contribution in [0.4, 0.5) is 4.39 Å². The smallest absolute Gasteiger partial charge is 0.308 e. The molecule has 0 bridgehead atoms. The number of aliphatic carboxylic acids is 1. The number of rotatable bonds is 3. The van der Waals surface area contributed by atoms with Gasteiger partial charge in [-0.05, 0) is 23.6 Å². The van der Waals surface area contributed by atoms with E-state index in [1.807, 2.05) is 11.8 Å². The van der Waals surface area contributed by atoms with Crippen molar-refractivity contribution >= 4 is 17.6 Å². The summed E-state index contributed by atoms with van der Waals surface area (Å²) in [5.74, 6) is -1.40. The molecular weight excluding hydrogens is 257 g/mol. The fraction of sp³-hybridized carbons (Fsp3) is 0.462. The van der Waals surface area contributed by atoms with Crippen LogP contribution >= 0.6 is 11.6 Å². The van der Waals surface area contributed by atoms with Gasteiger partial charge in [0.25, 0.3) is 0 Å². The molecule has 2 unspecified atom stereocenters. The van der Waals surface area contributed by atoms with E-state index in [9.17, 15) is 9.18 Å². The second kappa shape index (κ2) is 5.24. The molecule has 1 aliphatic rings. The first-order chi connectivity index (χ1) is 8.47. The number of carbonyl (C=O) groups is 1. The number of halogens is 2. The molecule has 1 aromatic rings. The molecule has 5 heteroatoms. The SMILES string of the molecule is CC1CN(Cc2ccc(Cl)c(F)c2)CC1C(=O)O. The van der Waals surface area contributed by atoms with Gasteiger partial charge in [0, 0.05) is 19.6 Å². The van der Waals surface area contributed by atoms with E-state index in [-0.39, 0.29) is 16.9 Å². The van der Waals surface area contributed by atoms with E-state index >= 15 is 0 Å². The summed E-state index contributed by atoms with van der Waals surface area (Å²) in [4.78, 5) is 13.0. The van der Waals surface area contributed by atoms with Gasteiger partial charge in [0.15, 0.2) is 0 Å². The monoisotopic (exact) mass is 271 g/mol. The van der Waals surface area contributed by atoms with E-state index < -0.39 is 11.8 Å². The summed E-state index contributed by atoms with van der Waals surface area (Å²) in [6, 6.07) is 4.70. The molecule has 98 valence electrons. The summed E-state index contributed by atoms with van der Waals surface area (Å²) < 4.78 is 13.3. The summed E-state index contributed by atoms with van der Waals surface area (Å²) in [6.45, 7) is 3.73. The molecule has 18 heavy (non-hydrogen) atoms. The molecule has 2 atom stereocenters. The molecule has 0 aliphatic carbocycles. The second-order valence-corrected chi connectivity index (χ2v) is 5.27. The highest BCUT2D eigenvalue weighted by molar-refractivity contribution is 6.30. The summed E-state index contributed by atoms with van der Waals surface area (Å²) >= 11 is 5.62. The lowest BCUT2D eigenvalue weighted by molar-refractivity contribution is -0.142. The summed E-state index contributed by atoms with van der Waals surface area (Å²) in [5.41, 5.74) is 0.815. The van der Waals surface area contributed by atoms with Crippen LogP contribution in [0.5, 0.6) is 0 Å². The van der Waals surface area contributed by atoms with Crippen molar-refractivity contribution in [1.29, 1.82) is 0 Å². The van der Waals surface area contributed by atoms with Gasteiger partial charge in [0.05, 0.1) is 10.9 Å². The number of likely N-dealkylation sites (tertiary alicyclic amines) is 1. The lowest BCUT2D eigenvalue weighted by atomic mass is 9.99. The van der Waals surface area contributed by atoms with E-state index in [1.165, 1.54) is 12.1 Å². The molecule has 1 N–H and O–H groups in total. The summed E-state index contributed by atoms with van der Waals surface area (Å²) in [5, 5.41) is 9.15. The van der Waals surface area contributed by atoms with E-state index in [2.05, 4.69) is 0 Å². The molecular formula is C13H15ClFNO2. The number of hydrogen-bond acceptors (Lipinski definition) is 2. The average molecular weight is 272 g/mol. The zero-order valence-corrected chi connectivity index (χ0v) is 10.8. The van der Waals surface area contributed by atoms with Crippen molar-refractivity contribution in [1.82, 2.24) is 4.90 Å². The molecule has 0 radical (unpaired) electrons. The Kier molecular flexibility index (Phi) is 3.88. The standard InChI is InChI=1S/C13H15ClFNO2/c1-8-5-16(7-10(8)13(17)18)6-9-2-3-11(14)12(15)4-9/h2-4,8,10H,5-7H2,1H3,(H,17,18). The van der Waals surface area contributed by atoms with Crippen LogP contribution in [0.25, 0.3) is 0 Å². The molecule has 1 heterocycles. The van der Waals surface area contributed by atoms with Crippen LogP contribution in [-0.4, -0.2) is 29.1 Å². The molecule has 0 amide bonds. The van der Waals surface area contributed by atoms with Crippen molar-refractivity contribution in [2.45, 2.75) is 13.5 Å². The third-order valence-electron chi connectivity index (χ3n) is 3.40. The van der Waals surface area contributed by atoms with Crippen LogP contribution in [0.1, 0.15) is 12.5 Å². The largest absolute Gasteiger partial charge is 0.481 e. The number of hydrogen-bond donors (Lipinski definition) is 1. The van der Waals surface area contributed by atoms with Crippen molar-refractivity contribution in [2.24, 2.45) is 11.8 Å². The predicted molar refractivity (Wildman–Crippen MR) is 67.0 cm³/mol. The van der Waals surface area contributed by atoms with Crippen molar-refractivity contribution < 1.29 is 14.3 Å². The quantitative estimate of drug-likeness (QED) is 0.919. The topological polar surface area (TPSA) is 40.5 Å². The maximum atomic E-state index is 13.3. The molecule has 1 aromatic carbocycles. The summed E-state index contributed by atoms with van der Waals surface area (Å²) in [6.07, 6.45) is 0. The van der Waals surface area contributed by atoms with E-state index in [0.717, 1.165) is 12.1 Å². The minimum absolute atomic E-state index is 0.108. The first kappa shape index (κ1) is 13.3. The Balaban J connectivity index is 2.03.